The summed E-state index contributed by atoms with van der Waals surface area (Å²) in [6.45, 7) is 0.647. The topological polar surface area (TPSA) is 96.8 Å². The van der Waals surface area contributed by atoms with Crippen molar-refractivity contribution in [1.82, 2.24) is 9.97 Å². The van der Waals surface area contributed by atoms with Crippen LogP contribution < -0.4 is 0 Å². The van der Waals surface area contributed by atoms with Crippen LogP contribution in [0.5, 0.6) is 0 Å². The maximum Gasteiger partial charge on any atom is 0.326 e. The Balaban J connectivity index is 2.59. The minimum atomic E-state index is -1.48. The summed E-state index contributed by atoms with van der Waals surface area (Å²) < 4.78 is 19.9. The molecule has 22 heavy (non-hydrogen) atoms. The van der Waals surface area contributed by atoms with Crippen molar-refractivity contribution in [2.45, 2.75) is 12.2 Å². The van der Waals surface area contributed by atoms with E-state index in [-0.39, 0.29) is 21.7 Å². The number of aromatic nitrogens is 2. The summed E-state index contributed by atoms with van der Waals surface area (Å²) in [7, 11) is 2.26. The molecule has 0 unspecified atom stereocenters. The predicted octanol–water partition coefficient (Wildman–Crippen LogP) is 1.26. The fraction of sp³-hybridized carbons (Fsp3) is 0.500. The average Bonchev–Trinajstić information content (AvgIpc) is 3.00. The average molecular weight is 351 g/mol. The first-order valence-corrected chi connectivity index (χ1v) is 6.86. The molecule has 0 aliphatic carbocycles. The minimum absolute atomic E-state index is 0.0735. The van der Waals surface area contributed by atoms with Gasteiger partial charge in [0.15, 0.2) is 12.2 Å². The van der Waals surface area contributed by atoms with Crippen LogP contribution in [0.15, 0.2) is 0 Å². The predicted molar refractivity (Wildman–Crippen MR) is 73.5 cm³/mol. The van der Waals surface area contributed by atoms with Gasteiger partial charge in [0, 0.05) is 0 Å². The number of methoxy groups -OCH3 is 2. The number of carbonyl (C=O) groups is 2. The quantitative estimate of drug-likeness (QED) is 0.346. The molecular weight excluding hydrogens is 339 g/mol. The first-order chi connectivity index (χ1) is 10.5. The van der Waals surface area contributed by atoms with Gasteiger partial charge < -0.3 is 18.9 Å². The third kappa shape index (κ3) is 3.30. The maximum absolute atomic E-state index is 12.0. The van der Waals surface area contributed by atoms with E-state index in [4.69, 9.17) is 32.7 Å². The zero-order valence-electron chi connectivity index (χ0n) is 11.7. The van der Waals surface area contributed by atoms with Gasteiger partial charge in [-0.3, -0.25) is 9.59 Å². The molecule has 0 bridgehead atoms. The van der Waals surface area contributed by atoms with Crippen LogP contribution in [0, 0.1) is 0 Å². The van der Waals surface area contributed by atoms with Crippen molar-refractivity contribution in [1.29, 1.82) is 0 Å². The monoisotopic (exact) mass is 350 g/mol. The van der Waals surface area contributed by atoms with Crippen LogP contribution >= 0.6 is 23.2 Å². The second-order valence-electron chi connectivity index (χ2n) is 4.14. The minimum Gasteiger partial charge on any atom is -0.468 e. The molecule has 1 aromatic heterocycles. The fourth-order valence-corrected chi connectivity index (χ4v) is 2.43. The summed E-state index contributed by atoms with van der Waals surface area (Å²) in [5, 5.41) is -0.320. The van der Waals surface area contributed by atoms with E-state index in [0.717, 1.165) is 14.2 Å². The summed E-state index contributed by atoms with van der Waals surface area (Å²) in [4.78, 5) is 31.6. The zero-order valence-corrected chi connectivity index (χ0v) is 13.2. The molecule has 1 aromatic rings. The second kappa shape index (κ2) is 7.19. The van der Waals surface area contributed by atoms with Gasteiger partial charge in [0.25, 0.3) is 0 Å². The van der Waals surface area contributed by atoms with Crippen molar-refractivity contribution >= 4 is 35.1 Å². The molecule has 0 amide bonds. The van der Waals surface area contributed by atoms with Crippen LogP contribution in [0.25, 0.3) is 0 Å². The van der Waals surface area contributed by atoms with E-state index in [1.54, 1.807) is 0 Å². The number of ether oxygens (including phenoxy) is 4. The molecule has 0 saturated carbocycles. The van der Waals surface area contributed by atoms with E-state index in [1.807, 2.05) is 0 Å². The number of hydrogen-bond acceptors (Lipinski definition) is 8. The van der Waals surface area contributed by atoms with Crippen molar-refractivity contribution in [3.05, 3.63) is 21.7 Å². The van der Waals surface area contributed by atoms with Crippen LogP contribution in [0.3, 0.4) is 0 Å². The van der Waals surface area contributed by atoms with E-state index >= 15 is 0 Å². The van der Waals surface area contributed by atoms with Gasteiger partial charge in [-0.2, -0.15) is 0 Å². The highest BCUT2D eigenvalue weighted by Gasteiger charge is 2.39. The van der Waals surface area contributed by atoms with Gasteiger partial charge >= 0.3 is 11.9 Å². The first-order valence-electron chi connectivity index (χ1n) is 6.11. The molecule has 8 nitrogen and oxygen atoms in total. The number of rotatable bonds is 4. The molecule has 1 saturated heterocycles. The Kier molecular flexibility index (Phi) is 5.52. The molecule has 0 aromatic carbocycles. The summed E-state index contributed by atoms with van der Waals surface area (Å²) in [5.74, 6) is -3.23. The molecule has 1 fully saturated rings. The third-order valence-corrected chi connectivity index (χ3v) is 3.36. The van der Waals surface area contributed by atoms with Crippen molar-refractivity contribution in [2.24, 2.45) is 0 Å². The van der Waals surface area contributed by atoms with Crippen LogP contribution in [-0.4, -0.2) is 49.3 Å². The second-order valence-corrected chi connectivity index (χ2v) is 4.83. The summed E-state index contributed by atoms with van der Waals surface area (Å²) in [6.07, 6.45) is -0.906. The van der Waals surface area contributed by atoms with E-state index < -0.39 is 24.1 Å². The van der Waals surface area contributed by atoms with Gasteiger partial charge in [0.1, 0.15) is 5.15 Å². The summed E-state index contributed by atoms with van der Waals surface area (Å²) in [6, 6.07) is 0. The smallest absolute Gasteiger partial charge is 0.326 e. The highest BCUT2D eigenvalue weighted by molar-refractivity contribution is 6.32. The Morgan fingerprint density at radius 2 is 1.68 bits per heavy atom. The molecule has 0 spiro atoms. The summed E-state index contributed by atoms with van der Waals surface area (Å²) in [5.41, 5.74) is 0.0694. The Hall–Kier alpha value is -1.48. The molecule has 1 aliphatic rings. The molecular formula is C12H12Cl2N2O6. The normalized spacial score (nSPS) is 15.1. The first kappa shape index (κ1) is 16.9. The van der Waals surface area contributed by atoms with Gasteiger partial charge in [-0.1, -0.05) is 11.6 Å². The molecule has 1 aliphatic heterocycles. The van der Waals surface area contributed by atoms with Crippen molar-refractivity contribution in [2.75, 3.05) is 27.4 Å². The number of nitrogens with zero attached hydrogens (tertiary/aromatic N) is 2. The van der Waals surface area contributed by atoms with Crippen molar-refractivity contribution in [3.8, 4) is 0 Å². The van der Waals surface area contributed by atoms with E-state index in [9.17, 15) is 9.59 Å². The molecule has 0 N–H and O–H groups in total. The van der Waals surface area contributed by atoms with E-state index in [2.05, 4.69) is 19.4 Å². The van der Waals surface area contributed by atoms with Crippen molar-refractivity contribution in [3.63, 3.8) is 0 Å². The highest BCUT2D eigenvalue weighted by atomic mass is 35.5. The Morgan fingerprint density at radius 3 is 2.18 bits per heavy atom. The van der Waals surface area contributed by atoms with Gasteiger partial charge in [-0.05, 0) is 11.6 Å². The molecule has 120 valence electrons. The number of halogens is 2. The summed E-state index contributed by atoms with van der Waals surface area (Å²) >= 11 is 11.8. The zero-order chi connectivity index (χ0) is 16.3. The molecule has 0 radical (unpaired) electrons. The largest absolute Gasteiger partial charge is 0.468 e. The van der Waals surface area contributed by atoms with Gasteiger partial charge in [0.05, 0.1) is 38.7 Å². The number of esters is 2. The van der Waals surface area contributed by atoms with Gasteiger partial charge in [-0.15, -0.1) is 0 Å². The van der Waals surface area contributed by atoms with Gasteiger partial charge in [-0.25, -0.2) is 9.97 Å². The molecule has 2 heterocycles. The van der Waals surface area contributed by atoms with Crippen LogP contribution in [0.2, 0.25) is 10.4 Å². The van der Waals surface area contributed by atoms with Crippen LogP contribution in [0.1, 0.15) is 23.5 Å². The van der Waals surface area contributed by atoms with Gasteiger partial charge in [0.2, 0.25) is 5.28 Å². The Morgan fingerprint density at radius 1 is 1.14 bits per heavy atom. The fourth-order valence-electron chi connectivity index (χ4n) is 1.95. The SMILES string of the molecule is COC(=O)C(C(=O)OC)c1nc(Cl)nc(Cl)c1C1OCCO1. The molecule has 0 atom stereocenters. The lowest BCUT2D eigenvalue weighted by molar-refractivity contribution is -0.154. The lowest BCUT2D eigenvalue weighted by Gasteiger charge is -2.19. The standard InChI is InChI=1S/C12H12Cl2N2O6/c1-19-9(17)6(10(18)20-2)7-5(11-21-3-4-22-11)8(13)16-12(14)15-7/h6,11H,3-4H2,1-2H3. The highest BCUT2D eigenvalue weighted by Crippen LogP contribution is 2.35. The number of hydrogen-bond donors (Lipinski definition) is 0. The maximum atomic E-state index is 12.0. The Bertz CT molecular complexity index is 575. The lowest BCUT2D eigenvalue weighted by atomic mass is 10.0. The number of carbonyl (C=O) groups excluding carboxylic acids is 2. The van der Waals surface area contributed by atoms with Crippen LogP contribution in [0.4, 0.5) is 0 Å². The van der Waals surface area contributed by atoms with E-state index in [1.165, 1.54) is 0 Å². The van der Waals surface area contributed by atoms with Crippen molar-refractivity contribution < 1.29 is 28.5 Å². The third-order valence-electron chi connectivity index (χ3n) is 2.91. The molecule has 2 rings (SSSR count). The Labute approximate surface area is 135 Å². The molecule has 10 heteroatoms. The van der Waals surface area contributed by atoms with E-state index in [0.29, 0.717) is 13.2 Å². The van der Waals surface area contributed by atoms with Crippen LogP contribution in [-0.2, 0) is 28.5 Å². The lowest BCUT2D eigenvalue weighted by Crippen LogP contribution is -2.27.